The highest BCUT2D eigenvalue weighted by Crippen LogP contribution is 2.41. The number of benzene rings is 1. The number of halogens is 4. The van der Waals surface area contributed by atoms with Gasteiger partial charge in [0, 0.05) is 12.5 Å². The fraction of sp³-hybridized carbons (Fsp3) is 0.500. The van der Waals surface area contributed by atoms with E-state index in [2.05, 4.69) is 0 Å². The Balaban J connectivity index is 2.43. The summed E-state index contributed by atoms with van der Waals surface area (Å²) in [6.45, 7) is -0.134. The van der Waals surface area contributed by atoms with Crippen molar-refractivity contribution in [1.29, 1.82) is 0 Å². The monoisotopic (exact) mass is 326 g/mol. The van der Waals surface area contributed by atoms with Crippen LogP contribution in [0, 0.1) is 0 Å². The van der Waals surface area contributed by atoms with Crippen molar-refractivity contribution < 1.29 is 26.0 Å². The van der Waals surface area contributed by atoms with Gasteiger partial charge in [-0.05, 0) is 24.5 Å². The highest BCUT2D eigenvalue weighted by Gasteiger charge is 2.42. The summed E-state index contributed by atoms with van der Waals surface area (Å²) in [6.07, 6.45) is -6.36. The number of nitrogens with two attached hydrogens (primary N) is 1. The molecule has 0 bridgehead atoms. The van der Waals surface area contributed by atoms with Gasteiger partial charge in [0.2, 0.25) is 0 Å². The number of hydrogen-bond acceptors (Lipinski definition) is 2. The fourth-order valence-electron chi connectivity index (χ4n) is 2.58. The Kier molecular flexibility index (Phi) is 4.27. The van der Waals surface area contributed by atoms with Gasteiger partial charge >= 0.3 is 6.18 Å². The predicted molar refractivity (Wildman–Crippen MR) is 68.1 cm³/mol. The van der Waals surface area contributed by atoms with E-state index >= 15 is 0 Å². The van der Waals surface area contributed by atoms with Crippen LogP contribution in [0.15, 0.2) is 24.3 Å². The van der Waals surface area contributed by atoms with E-state index in [1.54, 1.807) is 0 Å². The molecule has 2 unspecified atom stereocenters. The van der Waals surface area contributed by atoms with Gasteiger partial charge in [-0.3, -0.25) is 0 Å². The molecule has 1 heterocycles. The van der Waals surface area contributed by atoms with Crippen molar-refractivity contribution in [3.8, 4) is 0 Å². The molecular weight excluding hydrogens is 312 g/mol. The number of nitrogens with zero attached hydrogens (tertiary/aromatic N) is 1. The van der Waals surface area contributed by atoms with Crippen LogP contribution in [0.2, 0.25) is 0 Å². The number of alkyl halides is 4. The molecule has 118 valence electrons. The van der Waals surface area contributed by atoms with Gasteiger partial charge in [-0.25, -0.2) is 9.53 Å². The molecular formula is C12H14F4N2O2S. The highest BCUT2D eigenvalue weighted by atomic mass is 32.2. The Hall–Kier alpha value is -1.19. The predicted octanol–water partition coefficient (Wildman–Crippen LogP) is 2.38. The van der Waals surface area contributed by atoms with Crippen molar-refractivity contribution in [1.82, 2.24) is 4.31 Å². The van der Waals surface area contributed by atoms with E-state index < -0.39 is 34.2 Å². The first-order valence-electron chi connectivity index (χ1n) is 6.22. The first-order chi connectivity index (χ1) is 9.62. The quantitative estimate of drug-likeness (QED) is 0.670. The first-order valence-corrected chi connectivity index (χ1v) is 7.72. The van der Waals surface area contributed by atoms with Gasteiger partial charge in [-0.2, -0.15) is 25.9 Å². The number of rotatable bonds is 2. The lowest BCUT2D eigenvalue weighted by Crippen LogP contribution is -2.48. The maximum absolute atomic E-state index is 14.4. The molecule has 2 atom stereocenters. The summed E-state index contributed by atoms with van der Waals surface area (Å²) in [5, 5.41) is 4.90. The Labute approximate surface area is 119 Å². The van der Waals surface area contributed by atoms with Gasteiger partial charge in [-0.1, -0.05) is 18.2 Å². The summed E-state index contributed by atoms with van der Waals surface area (Å²) in [4.78, 5) is 0. The lowest BCUT2D eigenvalue weighted by Gasteiger charge is -2.35. The summed E-state index contributed by atoms with van der Waals surface area (Å²) in [5.41, 5.74) is -1.19. The van der Waals surface area contributed by atoms with Gasteiger partial charge in [0.25, 0.3) is 10.2 Å². The van der Waals surface area contributed by atoms with Gasteiger partial charge in [0.05, 0.1) is 5.56 Å². The maximum atomic E-state index is 14.4. The Morgan fingerprint density at radius 3 is 2.43 bits per heavy atom. The van der Waals surface area contributed by atoms with Crippen LogP contribution < -0.4 is 5.14 Å². The molecule has 1 aliphatic rings. The van der Waals surface area contributed by atoms with Crippen molar-refractivity contribution >= 4 is 10.2 Å². The number of hydrogen-bond donors (Lipinski definition) is 1. The second-order valence-electron chi connectivity index (χ2n) is 4.86. The normalized spacial score (nSPS) is 25.0. The molecule has 0 aliphatic carbocycles. The van der Waals surface area contributed by atoms with Crippen LogP contribution in [-0.4, -0.2) is 25.6 Å². The minimum absolute atomic E-state index is 0.125. The van der Waals surface area contributed by atoms with Crippen LogP contribution >= 0.6 is 0 Å². The highest BCUT2D eigenvalue weighted by molar-refractivity contribution is 7.86. The molecule has 0 radical (unpaired) electrons. The van der Waals surface area contributed by atoms with Gasteiger partial charge in [0.1, 0.15) is 0 Å². The third-order valence-electron chi connectivity index (χ3n) is 3.49. The molecule has 1 fully saturated rings. The summed E-state index contributed by atoms with van der Waals surface area (Å²) < 4.78 is 76.3. The van der Waals surface area contributed by atoms with E-state index in [9.17, 15) is 26.0 Å². The minimum atomic E-state index is -4.62. The Bertz CT molecular complexity index is 618. The molecule has 21 heavy (non-hydrogen) atoms. The van der Waals surface area contributed by atoms with E-state index in [4.69, 9.17) is 5.14 Å². The topological polar surface area (TPSA) is 63.4 Å². The lowest BCUT2D eigenvalue weighted by atomic mass is 9.87. The molecule has 1 aromatic rings. The number of piperidine rings is 1. The summed E-state index contributed by atoms with van der Waals surface area (Å²) in [7, 11) is -4.29. The largest absolute Gasteiger partial charge is 0.416 e. The Morgan fingerprint density at radius 2 is 1.86 bits per heavy atom. The van der Waals surface area contributed by atoms with Gasteiger partial charge < -0.3 is 0 Å². The van der Waals surface area contributed by atoms with Crippen molar-refractivity contribution in [3.05, 3.63) is 35.4 Å². The zero-order valence-electron chi connectivity index (χ0n) is 10.8. The average molecular weight is 326 g/mol. The van der Waals surface area contributed by atoms with E-state index in [1.807, 2.05) is 0 Å². The second-order valence-corrected chi connectivity index (χ2v) is 6.36. The first kappa shape index (κ1) is 16.2. The van der Waals surface area contributed by atoms with Crippen LogP contribution in [0.25, 0.3) is 0 Å². The zero-order valence-corrected chi connectivity index (χ0v) is 11.7. The lowest BCUT2D eigenvalue weighted by molar-refractivity contribution is -0.138. The Morgan fingerprint density at radius 1 is 1.24 bits per heavy atom. The SMILES string of the molecule is NS(=O)(=O)N1CCCC(c2ccccc2C(F)(F)F)C1F. The third kappa shape index (κ3) is 3.35. The van der Waals surface area contributed by atoms with Crippen molar-refractivity contribution in [2.45, 2.75) is 31.2 Å². The van der Waals surface area contributed by atoms with Crippen LogP contribution in [0.1, 0.15) is 29.9 Å². The molecule has 1 saturated heterocycles. The minimum Gasteiger partial charge on any atom is -0.228 e. The molecule has 0 saturated carbocycles. The van der Waals surface area contributed by atoms with Crippen LogP contribution in [-0.2, 0) is 16.4 Å². The summed E-state index contributed by atoms with van der Waals surface area (Å²) in [5.74, 6) is -1.19. The molecule has 9 heteroatoms. The molecule has 1 aromatic carbocycles. The molecule has 0 spiro atoms. The molecule has 4 nitrogen and oxygen atoms in total. The van der Waals surface area contributed by atoms with Gasteiger partial charge in [0.15, 0.2) is 6.30 Å². The van der Waals surface area contributed by atoms with E-state index in [-0.39, 0.29) is 24.9 Å². The fourth-order valence-corrected chi connectivity index (χ4v) is 3.39. The average Bonchev–Trinajstić information content (AvgIpc) is 2.36. The molecule has 2 rings (SSSR count). The zero-order chi connectivity index (χ0) is 15.8. The van der Waals surface area contributed by atoms with Crippen molar-refractivity contribution in [2.75, 3.05) is 6.54 Å². The smallest absolute Gasteiger partial charge is 0.228 e. The standard InChI is InChI=1S/C12H14F4N2O2S/c13-11-9(5-3-7-18(11)21(17,19)20)8-4-1-2-6-10(8)12(14,15)16/h1-2,4,6,9,11H,3,5,7H2,(H2,17,19,20). The second kappa shape index (κ2) is 5.54. The van der Waals surface area contributed by atoms with Crippen LogP contribution in [0.3, 0.4) is 0 Å². The van der Waals surface area contributed by atoms with E-state index in [0.29, 0.717) is 4.31 Å². The summed E-state index contributed by atoms with van der Waals surface area (Å²) in [6, 6.07) is 4.61. The molecule has 1 aliphatic heterocycles. The van der Waals surface area contributed by atoms with Crippen LogP contribution in [0.4, 0.5) is 17.6 Å². The van der Waals surface area contributed by atoms with Crippen molar-refractivity contribution in [2.24, 2.45) is 5.14 Å². The maximum Gasteiger partial charge on any atom is 0.416 e. The van der Waals surface area contributed by atoms with E-state index in [1.165, 1.54) is 18.2 Å². The molecule has 0 amide bonds. The summed E-state index contributed by atoms with van der Waals surface area (Å²) >= 11 is 0. The molecule has 2 N–H and O–H groups in total. The van der Waals surface area contributed by atoms with Crippen molar-refractivity contribution in [3.63, 3.8) is 0 Å². The third-order valence-corrected chi connectivity index (χ3v) is 4.53. The van der Waals surface area contributed by atoms with E-state index in [0.717, 1.165) is 6.07 Å². The van der Waals surface area contributed by atoms with Gasteiger partial charge in [-0.15, -0.1) is 0 Å². The molecule has 0 aromatic heterocycles. The van der Waals surface area contributed by atoms with Crippen LogP contribution in [0.5, 0.6) is 0 Å².